The lowest BCUT2D eigenvalue weighted by Gasteiger charge is -2.02. The van der Waals surface area contributed by atoms with Crippen molar-refractivity contribution in [2.24, 2.45) is 0 Å². The molecule has 0 aromatic rings. The predicted octanol–water partition coefficient (Wildman–Crippen LogP) is 4.86. The summed E-state index contributed by atoms with van der Waals surface area (Å²) in [6, 6.07) is 0. The zero-order chi connectivity index (χ0) is 20.6. The van der Waals surface area contributed by atoms with Crippen molar-refractivity contribution in [3.8, 4) is 0 Å². The fourth-order valence-electron chi connectivity index (χ4n) is 1.40. The molecule has 17 heavy (non-hydrogen) atoms. The van der Waals surface area contributed by atoms with Crippen molar-refractivity contribution in [2.45, 2.75) is 83.8 Å². The molecule has 0 unspecified atom stereocenters. The molecule has 0 bridgehead atoms. The maximum absolute atomic E-state index is 11.6. The molecule has 0 atom stereocenters. The standard InChI is InChI=1S/C15H30O2/c1-3-4-5-6-7-8-9-10-11-12-13-14-15(16)17-2/h3-14H2,1-2H3/i2D3,6D2,13D2,14D2. The van der Waals surface area contributed by atoms with Gasteiger partial charge in [-0.15, -0.1) is 0 Å². The molecule has 0 saturated carbocycles. The summed E-state index contributed by atoms with van der Waals surface area (Å²) < 4.78 is 70.9. The van der Waals surface area contributed by atoms with Crippen LogP contribution in [0.2, 0.25) is 0 Å². The average molecular weight is 251 g/mol. The molecule has 2 heteroatoms. The van der Waals surface area contributed by atoms with E-state index in [9.17, 15) is 4.79 Å². The van der Waals surface area contributed by atoms with Crippen molar-refractivity contribution in [3.05, 3.63) is 0 Å². The largest absolute Gasteiger partial charge is 0.469 e. The molecule has 102 valence electrons. The predicted molar refractivity (Wildman–Crippen MR) is 73.1 cm³/mol. The lowest BCUT2D eigenvalue weighted by molar-refractivity contribution is -0.140. The van der Waals surface area contributed by atoms with Crippen LogP contribution in [0.5, 0.6) is 0 Å². The molecule has 0 aliphatic rings. The van der Waals surface area contributed by atoms with Gasteiger partial charge >= 0.3 is 5.97 Å². The monoisotopic (exact) mass is 251 g/mol. The number of hydrogen-bond acceptors (Lipinski definition) is 2. The van der Waals surface area contributed by atoms with Crippen LogP contribution in [-0.4, -0.2) is 13.0 Å². The quantitative estimate of drug-likeness (QED) is 0.366. The van der Waals surface area contributed by atoms with E-state index in [1.165, 1.54) is 0 Å². The summed E-state index contributed by atoms with van der Waals surface area (Å²) in [5.74, 6) is -1.73. The molecule has 0 fully saturated rings. The van der Waals surface area contributed by atoms with E-state index in [1.807, 2.05) is 6.92 Å². The van der Waals surface area contributed by atoms with Gasteiger partial charge in [0.25, 0.3) is 0 Å². The van der Waals surface area contributed by atoms with Gasteiger partial charge in [-0.05, 0) is 6.37 Å². The Morgan fingerprint density at radius 2 is 1.59 bits per heavy atom. The van der Waals surface area contributed by atoms with Crippen LogP contribution in [0.4, 0.5) is 0 Å². The topological polar surface area (TPSA) is 26.3 Å². The third-order valence-corrected chi connectivity index (χ3v) is 2.40. The summed E-state index contributed by atoms with van der Waals surface area (Å²) in [6.07, 6.45) is -2.07. The summed E-state index contributed by atoms with van der Waals surface area (Å²) in [5, 5.41) is 0. The molecule has 0 spiro atoms. The second kappa shape index (κ2) is 13.5. The second-order valence-corrected chi connectivity index (χ2v) is 3.96. The molecule has 0 heterocycles. The van der Waals surface area contributed by atoms with Gasteiger partial charge < -0.3 is 4.74 Å². The van der Waals surface area contributed by atoms with Crippen LogP contribution in [0, 0.1) is 0 Å². The first-order chi connectivity index (χ1) is 11.6. The van der Waals surface area contributed by atoms with Gasteiger partial charge in [0, 0.05) is 14.6 Å². The molecule has 0 aliphatic carbocycles. The summed E-state index contributed by atoms with van der Waals surface area (Å²) in [6.45, 7) is 2.01. The van der Waals surface area contributed by atoms with Crippen molar-refractivity contribution < 1.29 is 21.9 Å². The molecule has 0 rings (SSSR count). The fourth-order valence-corrected chi connectivity index (χ4v) is 1.40. The number of carbonyl (C=O) groups is 1. The van der Waals surface area contributed by atoms with Crippen molar-refractivity contribution in [3.63, 3.8) is 0 Å². The van der Waals surface area contributed by atoms with E-state index in [0.29, 0.717) is 38.5 Å². The summed E-state index contributed by atoms with van der Waals surface area (Å²) in [7, 11) is -3.11. The molecule has 0 amide bonds. The molecular formula is C15H30O2. The molecule has 0 saturated heterocycles. The molecule has 0 radical (unpaired) electrons. The van der Waals surface area contributed by atoms with Crippen molar-refractivity contribution >= 4 is 5.97 Å². The second-order valence-electron chi connectivity index (χ2n) is 3.96. The first-order valence-corrected chi connectivity index (χ1v) is 6.38. The van der Waals surface area contributed by atoms with Gasteiger partial charge in [0.15, 0.2) is 0 Å². The van der Waals surface area contributed by atoms with Crippen LogP contribution in [-0.2, 0) is 9.53 Å². The highest BCUT2D eigenvalue weighted by Gasteiger charge is 1.98. The summed E-state index contributed by atoms with van der Waals surface area (Å²) in [5.41, 5.74) is 0. The zero-order valence-corrected chi connectivity index (χ0v) is 10.7. The summed E-state index contributed by atoms with van der Waals surface area (Å²) in [4.78, 5) is 11.6. The molecule has 0 aliphatic heterocycles. The van der Waals surface area contributed by atoms with E-state index < -0.39 is 32.1 Å². The maximum atomic E-state index is 11.6. The molecule has 0 N–H and O–H groups in total. The Balaban J connectivity index is 4.30. The first-order valence-electron chi connectivity index (χ1n) is 10.9. The van der Waals surface area contributed by atoms with E-state index in [-0.39, 0.29) is 6.42 Å². The van der Waals surface area contributed by atoms with Crippen LogP contribution in [0.15, 0.2) is 0 Å². The molecule has 2 nitrogen and oxygen atoms in total. The van der Waals surface area contributed by atoms with Crippen LogP contribution in [0.3, 0.4) is 0 Å². The SMILES string of the molecule is [2H]C([2H])(CCCC)CCCCCCC([2H])([2H])C([2H])([2H])C(=O)OC([2H])([2H])[2H]. The van der Waals surface area contributed by atoms with Crippen LogP contribution in [0.25, 0.3) is 0 Å². The first kappa shape index (κ1) is 6.58. The minimum Gasteiger partial charge on any atom is -0.469 e. The van der Waals surface area contributed by atoms with Gasteiger partial charge in [-0.3, -0.25) is 4.79 Å². The Labute approximate surface area is 120 Å². The highest BCUT2D eigenvalue weighted by Crippen LogP contribution is 2.11. The minimum absolute atomic E-state index is 0.251. The van der Waals surface area contributed by atoms with Crippen LogP contribution < -0.4 is 0 Å². The van der Waals surface area contributed by atoms with Crippen LogP contribution in [0.1, 0.15) is 96.2 Å². The van der Waals surface area contributed by atoms with Gasteiger partial charge in [-0.25, -0.2) is 0 Å². The zero-order valence-electron chi connectivity index (χ0n) is 19.7. The molecular weight excluding hydrogens is 212 g/mol. The highest BCUT2D eigenvalue weighted by atomic mass is 16.5. The van der Waals surface area contributed by atoms with Crippen molar-refractivity contribution in [1.29, 1.82) is 0 Å². The third-order valence-electron chi connectivity index (χ3n) is 2.40. The summed E-state index contributed by atoms with van der Waals surface area (Å²) >= 11 is 0. The number of hydrogen-bond donors (Lipinski definition) is 0. The van der Waals surface area contributed by atoms with E-state index in [0.717, 1.165) is 12.8 Å². The van der Waals surface area contributed by atoms with Gasteiger partial charge in [0.2, 0.25) is 0 Å². The highest BCUT2D eigenvalue weighted by molar-refractivity contribution is 5.68. The van der Waals surface area contributed by atoms with Crippen molar-refractivity contribution in [1.82, 2.24) is 0 Å². The Hall–Kier alpha value is -0.530. The van der Waals surface area contributed by atoms with E-state index in [2.05, 4.69) is 4.74 Å². The van der Waals surface area contributed by atoms with Gasteiger partial charge in [-0.2, -0.15) is 0 Å². The van der Waals surface area contributed by atoms with Gasteiger partial charge in [0.05, 0.1) is 11.2 Å². The fraction of sp³-hybridized carbons (Fsp3) is 0.933. The van der Waals surface area contributed by atoms with Gasteiger partial charge in [-0.1, -0.05) is 71.1 Å². The van der Waals surface area contributed by atoms with Gasteiger partial charge in [0.1, 0.15) is 0 Å². The van der Waals surface area contributed by atoms with E-state index in [1.54, 1.807) is 0 Å². The smallest absolute Gasteiger partial charge is 0.305 e. The molecule has 0 aromatic heterocycles. The number of methoxy groups -OCH3 is 1. The lowest BCUT2D eigenvalue weighted by Crippen LogP contribution is -1.99. The number of carbonyl (C=O) groups excluding carboxylic acids is 1. The average Bonchev–Trinajstić information content (AvgIpc) is 2.46. The number of unbranched alkanes of at least 4 members (excludes halogenated alkanes) is 4. The Bertz CT molecular complexity index is 433. The van der Waals surface area contributed by atoms with E-state index >= 15 is 0 Å². The third kappa shape index (κ3) is 13.4. The molecule has 0 aromatic carbocycles. The maximum Gasteiger partial charge on any atom is 0.305 e. The number of rotatable bonds is 12. The normalized spacial score (nSPS) is 21.6. The number of ether oxygens (including phenoxy) is 1. The Morgan fingerprint density at radius 1 is 1.00 bits per heavy atom. The minimum atomic E-state index is -3.11. The lowest BCUT2D eigenvalue weighted by atomic mass is 10.1. The van der Waals surface area contributed by atoms with Crippen LogP contribution >= 0.6 is 0 Å². The Morgan fingerprint density at radius 3 is 2.24 bits per heavy atom. The number of esters is 1. The Kier molecular flexibility index (Phi) is 5.24. The van der Waals surface area contributed by atoms with E-state index in [4.69, 9.17) is 12.3 Å². The van der Waals surface area contributed by atoms with Crippen molar-refractivity contribution in [2.75, 3.05) is 7.04 Å².